The molecule has 0 saturated carbocycles. The molecule has 2 aliphatic heterocycles. The molecule has 0 unspecified atom stereocenters. The molecule has 2 aromatic carbocycles. The molecule has 1 fully saturated rings. The lowest BCUT2D eigenvalue weighted by Gasteiger charge is -2.28. The number of rotatable bonds is 3. The molecule has 4 rings (SSSR count). The first-order chi connectivity index (χ1) is 12.9. The largest absolute Gasteiger partial charge is 0.478 e. The Hall–Kier alpha value is -2.70. The number of nitriles is 1. The van der Waals surface area contributed by atoms with Crippen LogP contribution in [0, 0.1) is 23.0 Å². The standard InChI is InChI=1S/C18H14F2N2O4S/c19-13-4-5-14(20)18-17(13)25-15-8-22(9-16(15)26-18)27(23,24)10-12-3-1-2-11(6-12)7-21/h1-6,15-16H,8-10H2/t15-,16+. The normalized spacial score (nSPS) is 21.5. The molecule has 0 amide bonds. The highest BCUT2D eigenvalue weighted by Crippen LogP contribution is 2.40. The van der Waals surface area contributed by atoms with E-state index >= 15 is 0 Å². The van der Waals surface area contributed by atoms with Crippen molar-refractivity contribution >= 4 is 10.0 Å². The summed E-state index contributed by atoms with van der Waals surface area (Å²) in [6, 6.07) is 10.2. The molecule has 2 aliphatic rings. The maximum atomic E-state index is 13.9. The van der Waals surface area contributed by atoms with Gasteiger partial charge in [-0.25, -0.2) is 17.2 Å². The molecule has 0 bridgehead atoms. The number of hydrogen-bond acceptors (Lipinski definition) is 5. The van der Waals surface area contributed by atoms with Crippen LogP contribution >= 0.6 is 0 Å². The van der Waals surface area contributed by atoms with Crippen LogP contribution in [0.1, 0.15) is 11.1 Å². The minimum absolute atomic E-state index is 0.0274. The molecule has 1 saturated heterocycles. The van der Waals surface area contributed by atoms with Gasteiger partial charge in [0.1, 0.15) is 0 Å². The van der Waals surface area contributed by atoms with Gasteiger partial charge in [0, 0.05) is 0 Å². The molecule has 2 atom stereocenters. The van der Waals surface area contributed by atoms with Crippen LogP contribution in [0.15, 0.2) is 36.4 Å². The van der Waals surface area contributed by atoms with Crippen molar-refractivity contribution in [3.63, 3.8) is 0 Å². The molecule has 0 aliphatic carbocycles. The first-order valence-electron chi connectivity index (χ1n) is 8.15. The van der Waals surface area contributed by atoms with E-state index in [0.29, 0.717) is 11.1 Å². The van der Waals surface area contributed by atoms with E-state index in [1.807, 2.05) is 6.07 Å². The highest BCUT2D eigenvalue weighted by Gasteiger charge is 2.45. The van der Waals surface area contributed by atoms with E-state index in [1.165, 1.54) is 10.4 Å². The first kappa shape index (κ1) is 17.7. The second kappa shape index (κ2) is 6.48. The van der Waals surface area contributed by atoms with Crippen LogP contribution in [0.3, 0.4) is 0 Å². The van der Waals surface area contributed by atoms with Crippen molar-refractivity contribution in [1.82, 2.24) is 4.31 Å². The van der Waals surface area contributed by atoms with E-state index in [2.05, 4.69) is 0 Å². The summed E-state index contributed by atoms with van der Waals surface area (Å²) in [5.41, 5.74) is 0.844. The van der Waals surface area contributed by atoms with Gasteiger partial charge in [0.15, 0.2) is 23.8 Å². The van der Waals surface area contributed by atoms with Crippen molar-refractivity contribution in [2.45, 2.75) is 18.0 Å². The monoisotopic (exact) mass is 392 g/mol. The van der Waals surface area contributed by atoms with Gasteiger partial charge in [0.2, 0.25) is 21.5 Å². The van der Waals surface area contributed by atoms with E-state index in [-0.39, 0.29) is 30.3 Å². The lowest BCUT2D eigenvalue weighted by Crippen LogP contribution is -2.39. The van der Waals surface area contributed by atoms with Gasteiger partial charge in [-0.1, -0.05) is 12.1 Å². The highest BCUT2D eigenvalue weighted by molar-refractivity contribution is 7.88. The van der Waals surface area contributed by atoms with Crippen LogP contribution in [0.5, 0.6) is 11.5 Å². The van der Waals surface area contributed by atoms with Gasteiger partial charge in [0.05, 0.1) is 30.5 Å². The summed E-state index contributed by atoms with van der Waals surface area (Å²) >= 11 is 0. The average Bonchev–Trinajstić information content (AvgIpc) is 3.08. The Kier molecular flexibility index (Phi) is 4.25. The summed E-state index contributed by atoms with van der Waals surface area (Å²) in [5.74, 6) is -2.49. The second-order valence-electron chi connectivity index (χ2n) is 6.39. The molecule has 2 heterocycles. The van der Waals surface area contributed by atoms with E-state index in [0.717, 1.165) is 12.1 Å². The lowest BCUT2D eigenvalue weighted by molar-refractivity contribution is 0.0467. The van der Waals surface area contributed by atoms with Gasteiger partial charge < -0.3 is 9.47 Å². The van der Waals surface area contributed by atoms with Crippen LogP contribution < -0.4 is 9.47 Å². The minimum Gasteiger partial charge on any atom is -0.478 e. The van der Waals surface area contributed by atoms with Crippen molar-refractivity contribution in [3.8, 4) is 17.6 Å². The Morgan fingerprint density at radius 1 is 1.07 bits per heavy atom. The summed E-state index contributed by atoms with van der Waals surface area (Å²) in [6.07, 6.45) is -1.46. The maximum absolute atomic E-state index is 13.9. The third-order valence-corrected chi connectivity index (χ3v) is 6.32. The van der Waals surface area contributed by atoms with Crippen LogP contribution in [0.25, 0.3) is 0 Å². The molecule has 9 heteroatoms. The van der Waals surface area contributed by atoms with Crippen molar-refractivity contribution in [3.05, 3.63) is 59.2 Å². The molecule has 0 radical (unpaired) electrons. The average molecular weight is 392 g/mol. The van der Waals surface area contributed by atoms with Crippen LogP contribution in [0.2, 0.25) is 0 Å². The number of hydrogen-bond donors (Lipinski definition) is 0. The quantitative estimate of drug-likeness (QED) is 0.800. The Balaban J connectivity index is 1.54. The predicted molar refractivity (Wildman–Crippen MR) is 90.5 cm³/mol. The van der Waals surface area contributed by atoms with Crippen LogP contribution in [0.4, 0.5) is 8.78 Å². The summed E-state index contributed by atoms with van der Waals surface area (Å²) in [6.45, 7) is -0.0549. The zero-order valence-corrected chi connectivity index (χ0v) is 14.7. The van der Waals surface area contributed by atoms with E-state index in [1.54, 1.807) is 18.2 Å². The fourth-order valence-electron chi connectivity index (χ4n) is 3.23. The van der Waals surface area contributed by atoms with Gasteiger partial charge in [-0.05, 0) is 29.8 Å². The lowest BCUT2D eigenvalue weighted by atomic mass is 10.2. The number of fused-ring (bicyclic) bond motifs is 2. The third-order valence-electron chi connectivity index (χ3n) is 4.53. The van der Waals surface area contributed by atoms with E-state index in [4.69, 9.17) is 14.7 Å². The zero-order chi connectivity index (χ0) is 19.2. The van der Waals surface area contributed by atoms with Crippen LogP contribution in [-0.2, 0) is 15.8 Å². The van der Waals surface area contributed by atoms with E-state index < -0.39 is 33.9 Å². The predicted octanol–water partition coefficient (Wildman–Crippen LogP) is 2.19. The summed E-state index contributed by atoms with van der Waals surface area (Å²) < 4.78 is 65.4. The summed E-state index contributed by atoms with van der Waals surface area (Å²) in [4.78, 5) is 0. The number of sulfonamides is 1. The Morgan fingerprint density at radius 3 is 2.22 bits per heavy atom. The topological polar surface area (TPSA) is 79.6 Å². The minimum atomic E-state index is -3.73. The third kappa shape index (κ3) is 3.22. The number of halogens is 2. The zero-order valence-electron chi connectivity index (χ0n) is 13.9. The molecular weight excluding hydrogens is 378 g/mol. The SMILES string of the molecule is N#Cc1cccc(CS(=O)(=O)N2C[C@@H]3Oc4c(F)ccc(F)c4O[C@@H]3C2)c1. The number of benzene rings is 2. The number of ether oxygens (including phenoxy) is 2. The van der Waals surface area contributed by atoms with Crippen molar-refractivity contribution in [2.75, 3.05) is 13.1 Å². The second-order valence-corrected chi connectivity index (χ2v) is 8.35. The smallest absolute Gasteiger partial charge is 0.218 e. The molecular formula is C18H14F2N2O4S. The Labute approximate surface area is 154 Å². The summed E-state index contributed by atoms with van der Waals surface area (Å²) in [5, 5.41) is 8.94. The van der Waals surface area contributed by atoms with Gasteiger partial charge in [-0.15, -0.1) is 0 Å². The molecule has 140 valence electrons. The molecule has 2 aromatic rings. The molecule has 0 spiro atoms. The van der Waals surface area contributed by atoms with Crippen LogP contribution in [-0.4, -0.2) is 38.0 Å². The highest BCUT2D eigenvalue weighted by atomic mass is 32.2. The van der Waals surface area contributed by atoms with Gasteiger partial charge in [-0.2, -0.15) is 9.57 Å². The summed E-state index contributed by atoms with van der Waals surface area (Å²) in [7, 11) is -3.73. The Morgan fingerprint density at radius 2 is 1.67 bits per heavy atom. The van der Waals surface area contributed by atoms with Crippen molar-refractivity contribution in [2.24, 2.45) is 0 Å². The fourth-order valence-corrected chi connectivity index (χ4v) is 4.77. The first-order valence-corrected chi connectivity index (χ1v) is 9.76. The molecule has 0 N–H and O–H groups in total. The molecule has 6 nitrogen and oxygen atoms in total. The fraction of sp³-hybridized carbons (Fsp3) is 0.278. The van der Waals surface area contributed by atoms with Crippen molar-refractivity contribution in [1.29, 1.82) is 5.26 Å². The molecule has 0 aromatic heterocycles. The van der Waals surface area contributed by atoms with Gasteiger partial charge in [0.25, 0.3) is 0 Å². The van der Waals surface area contributed by atoms with Gasteiger partial charge in [-0.3, -0.25) is 0 Å². The van der Waals surface area contributed by atoms with E-state index in [9.17, 15) is 17.2 Å². The molecule has 27 heavy (non-hydrogen) atoms. The van der Waals surface area contributed by atoms with Crippen molar-refractivity contribution < 1.29 is 26.7 Å². The number of nitrogens with zero attached hydrogens (tertiary/aromatic N) is 2. The van der Waals surface area contributed by atoms with Gasteiger partial charge >= 0.3 is 0 Å². The Bertz CT molecular complexity index is 1010. The maximum Gasteiger partial charge on any atom is 0.218 e.